The lowest BCUT2D eigenvalue weighted by Gasteiger charge is -2.39. The molecule has 11 nitrogen and oxygen atoms in total. The summed E-state index contributed by atoms with van der Waals surface area (Å²) in [6, 6.07) is 23.9. The molecule has 4 rings (SSSR count). The van der Waals surface area contributed by atoms with Crippen LogP contribution in [0, 0.1) is 0 Å². The molecule has 3 aromatic carbocycles. The van der Waals surface area contributed by atoms with E-state index in [0.717, 1.165) is 22.4 Å². The van der Waals surface area contributed by atoms with Crippen LogP contribution in [-0.4, -0.2) is 72.8 Å². The highest BCUT2D eigenvalue weighted by Crippen LogP contribution is 2.29. The van der Waals surface area contributed by atoms with Crippen LogP contribution in [0.1, 0.15) is 63.8 Å². The van der Waals surface area contributed by atoms with Gasteiger partial charge in [-0.3, -0.25) is 9.59 Å². The monoisotopic (exact) mass is 685 g/mol. The normalized spacial score (nSPS) is 17.1. The molecule has 2 N–H and O–H groups in total. The molecule has 1 aliphatic heterocycles. The smallest absolute Gasteiger partial charge is 0.408 e. The van der Waals surface area contributed by atoms with E-state index in [4.69, 9.17) is 18.9 Å². The molecule has 3 amide bonds. The van der Waals surface area contributed by atoms with Gasteiger partial charge in [0.15, 0.2) is 12.2 Å². The summed E-state index contributed by atoms with van der Waals surface area (Å²) in [5, 5.41) is 5.51. The van der Waals surface area contributed by atoms with E-state index in [2.05, 4.69) is 10.6 Å². The predicted octanol–water partition coefficient (Wildman–Crippen LogP) is 5.49. The van der Waals surface area contributed by atoms with E-state index in [0.29, 0.717) is 25.9 Å². The molecule has 50 heavy (non-hydrogen) atoms. The number of rotatable bonds is 13. The second-order valence-electron chi connectivity index (χ2n) is 13.0. The minimum atomic E-state index is -1.39. The van der Waals surface area contributed by atoms with Crippen molar-refractivity contribution in [3.63, 3.8) is 0 Å². The van der Waals surface area contributed by atoms with E-state index < -0.39 is 53.8 Å². The third-order valence-corrected chi connectivity index (χ3v) is 7.86. The Morgan fingerprint density at radius 1 is 0.860 bits per heavy atom. The molecule has 0 unspecified atom stereocenters. The maximum atomic E-state index is 14.4. The quantitative estimate of drug-likeness (QED) is 0.226. The average molecular weight is 686 g/mol. The van der Waals surface area contributed by atoms with E-state index in [9.17, 15) is 19.2 Å². The van der Waals surface area contributed by atoms with Gasteiger partial charge in [0, 0.05) is 20.0 Å². The van der Waals surface area contributed by atoms with E-state index in [-0.39, 0.29) is 5.76 Å². The summed E-state index contributed by atoms with van der Waals surface area (Å²) in [6.07, 6.45) is -0.452. The van der Waals surface area contributed by atoms with Gasteiger partial charge in [0.25, 0.3) is 5.91 Å². The minimum Gasteiger partial charge on any atom is -0.497 e. The molecule has 1 heterocycles. The number of nitrogens with zero attached hydrogens (tertiary/aromatic N) is 1. The molecule has 0 aromatic heterocycles. The van der Waals surface area contributed by atoms with Crippen molar-refractivity contribution in [2.45, 2.75) is 77.4 Å². The van der Waals surface area contributed by atoms with Crippen LogP contribution >= 0.6 is 0 Å². The fourth-order valence-electron chi connectivity index (χ4n) is 5.59. The summed E-state index contributed by atoms with van der Waals surface area (Å²) in [7, 11) is 1.60. The topological polar surface area (TPSA) is 132 Å². The molecule has 11 heteroatoms. The molecular formula is C39H47N3O8. The fourth-order valence-corrected chi connectivity index (χ4v) is 5.59. The van der Waals surface area contributed by atoms with Gasteiger partial charge < -0.3 is 34.5 Å². The summed E-state index contributed by atoms with van der Waals surface area (Å²) < 4.78 is 23.0. The molecular weight excluding hydrogens is 638 g/mol. The first kappa shape index (κ1) is 37.5. The molecule has 266 valence electrons. The summed E-state index contributed by atoms with van der Waals surface area (Å²) in [6.45, 7) is 9.12. The number of esters is 1. The Morgan fingerprint density at radius 2 is 1.46 bits per heavy atom. The van der Waals surface area contributed by atoms with Crippen molar-refractivity contribution in [1.29, 1.82) is 0 Å². The second kappa shape index (κ2) is 17.4. The van der Waals surface area contributed by atoms with Gasteiger partial charge in [-0.05, 0) is 68.5 Å². The Labute approximate surface area is 293 Å². The van der Waals surface area contributed by atoms with Crippen molar-refractivity contribution in [3.8, 4) is 5.75 Å². The molecule has 3 aromatic rings. The molecule has 0 aliphatic carbocycles. The van der Waals surface area contributed by atoms with Crippen molar-refractivity contribution in [3.05, 3.63) is 113 Å². The van der Waals surface area contributed by atoms with Gasteiger partial charge in [0.1, 0.15) is 11.4 Å². The van der Waals surface area contributed by atoms with Crippen LogP contribution in [0.5, 0.6) is 5.75 Å². The second-order valence-corrected chi connectivity index (χ2v) is 13.0. The molecule has 3 atom stereocenters. The molecule has 0 saturated carbocycles. The zero-order chi connectivity index (χ0) is 36.3. The minimum absolute atomic E-state index is 0.283. The number of alkyl carbamates (subject to hydrolysis) is 1. The van der Waals surface area contributed by atoms with Gasteiger partial charge >= 0.3 is 12.1 Å². The Bertz CT molecular complexity index is 1580. The number of nitrogens with one attached hydrogen (secondary N) is 2. The number of methoxy groups -OCH3 is 1. The lowest BCUT2D eigenvalue weighted by molar-refractivity contribution is -0.154. The van der Waals surface area contributed by atoms with Crippen molar-refractivity contribution < 1.29 is 38.1 Å². The summed E-state index contributed by atoms with van der Waals surface area (Å²) in [5.74, 6) is -1.33. The number of amides is 3. The highest BCUT2D eigenvalue weighted by molar-refractivity contribution is 5.90. The maximum Gasteiger partial charge on any atom is 0.408 e. The maximum absolute atomic E-state index is 14.4. The number of benzene rings is 3. The largest absolute Gasteiger partial charge is 0.497 e. The SMILES string of the molecule is CCCN(CCc1ccc(OC)cc1)C(=O)[C@@H]1OC(C(=O)OC(c2ccccc2)c2ccccc2)=C[C@H](NC(=O)OC(C)(C)C)[C@H]1NC(C)=O. The number of hydrogen-bond donors (Lipinski definition) is 2. The van der Waals surface area contributed by atoms with Gasteiger partial charge in [0.2, 0.25) is 11.7 Å². The van der Waals surface area contributed by atoms with Crippen molar-refractivity contribution >= 4 is 23.9 Å². The zero-order valence-corrected chi connectivity index (χ0v) is 29.5. The van der Waals surface area contributed by atoms with Gasteiger partial charge in [-0.25, -0.2) is 9.59 Å². The third kappa shape index (κ3) is 10.6. The van der Waals surface area contributed by atoms with Gasteiger partial charge in [-0.15, -0.1) is 0 Å². The number of ether oxygens (including phenoxy) is 4. The number of carbonyl (C=O) groups excluding carboxylic acids is 4. The molecule has 0 radical (unpaired) electrons. The van der Waals surface area contributed by atoms with Gasteiger partial charge in [-0.2, -0.15) is 0 Å². The predicted molar refractivity (Wildman–Crippen MR) is 188 cm³/mol. The highest BCUT2D eigenvalue weighted by atomic mass is 16.6. The third-order valence-electron chi connectivity index (χ3n) is 7.86. The van der Waals surface area contributed by atoms with Crippen LogP contribution in [0.2, 0.25) is 0 Å². The Kier molecular flexibility index (Phi) is 13.0. The number of hydrogen-bond acceptors (Lipinski definition) is 8. The summed E-state index contributed by atoms with van der Waals surface area (Å²) in [4.78, 5) is 55.6. The molecule has 1 aliphatic rings. The van der Waals surface area contributed by atoms with Crippen LogP contribution in [0.25, 0.3) is 0 Å². The summed E-state index contributed by atoms with van der Waals surface area (Å²) >= 11 is 0. The molecule has 0 fully saturated rings. The fraction of sp³-hybridized carbons (Fsp3) is 0.385. The van der Waals surface area contributed by atoms with Crippen LogP contribution in [0.3, 0.4) is 0 Å². The van der Waals surface area contributed by atoms with Crippen molar-refractivity contribution in [2.75, 3.05) is 20.2 Å². The van der Waals surface area contributed by atoms with Gasteiger partial charge in [-0.1, -0.05) is 79.7 Å². The van der Waals surface area contributed by atoms with Crippen LogP contribution in [-0.2, 0) is 35.0 Å². The first-order chi connectivity index (χ1) is 23.9. The zero-order valence-electron chi connectivity index (χ0n) is 29.5. The Morgan fingerprint density at radius 3 is 1.98 bits per heavy atom. The van der Waals surface area contributed by atoms with E-state index in [1.807, 2.05) is 91.9 Å². The molecule has 0 spiro atoms. The van der Waals surface area contributed by atoms with E-state index in [1.165, 1.54) is 13.0 Å². The molecule has 0 bridgehead atoms. The Hall–Kier alpha value is -5.32. The molecule has 0 saturated heterocycles. The first-order valence-corrected chi connectivity index (χ1v) is 16.8. The lowest BCUT2D eigenvalue weighted by Crippen LogP contribution is -2.63. The van der Waals surface area contributed by atoms with Crippen molar-refractivity contribution in [2.24, 2.45) is 0 Å². The van der Waals surface area contributed by atoms with Crippen LogP contribution in [0.4, 0.5) is 4.79 Å². The first-order valence-electron chi connectivity index (χ1n) is 16.8. The van der Waals surface area contributed by atoms with E-state index >= 15 is 0 Å². The average Bonchev–Trinajstić information content (AvgIpc) is 3.09. The van der Waals surface area contributed by atoms with Gasteiger partial charge in [0.05, 0.1) is 19.2 Å². The van der Waals surface area contributed by atoms with E-state index in [1.54, 1.807) is 32.8 Å². The standard InChI is InChI=1S/C39H47N3O8/c1-7-23-42(24-22-27-18-20-30(47-6)21-19-27)36(44)35-33(40-26(2)43)31(41-38(46)50-39(3,4)5)25-32(48-35)37(45)49-34(28-14-10-8-11-15-28)29-16-12-9-13-17-29/h8-21,25,31,33-35H,7,22-24H2,1-6H3,(H,40,43)(H,41,46)/t31-,33+,35+/m0/s1. The lowest BCUT2D eigenvalue weighted by atomic mass is 9.96. The highest BCUT2D eigenvalue weighted by Gasteiger charge is 2.45. The Balaban J connectivity index is 1.69. The summed E-state index contributed by atoms with van der Waals surface area (Å²) in [5.41, 5.74) is 1.60. The van der Waals surface area contributed by atoms with Crippen LogP contribution < -0.4 is 15.4 Å². The number of carbonyl (C=O) groups is 4. The van der Waals surface area contributed by atoms with Crippen LogP contribution in [0.15, 0.2) is 96.8 Å². The van der Waals surface area contributed by atoms with Crippen molar-refractivity contribution in [1.82, 2.24) is 15.5 Å².